The number of rotatable bonds is 8. The number of likely N-dealkylation sites (tertiary alicyclic amines) is 2. The summed E-state index contributed by atoms with van der Waals surface area (Å²) in [4.78, 5) is 33.5. The van der Waals surface area contributed by atoms with Crippen molar-refractivity contribution < 1.29 is 36.6 Å². The van der Waals surface area contributed by atoms with Gasteiger partial charge in [0.2, 0.25) is 0 Å². The van der Waals surface area contributed by atoms with E-state index < -0.39 is 24.5 Å². The molecule has 0 aliphatic carbocycles. The Morgan fingerprint density at radius 2 is 1.64 bits per heavy atom. The number of nitriles is 1. The standard InChI is InChI=1S/C32H31F4N5O4/c33-27-20-40(19-22-3-8-26(9-4-22)45-32(34,35)36)14-13-28(27)39-30(42)23-5-10-29(38-18-23)31(43)41-15-11-25(12-16-41)44-24-6-1-21(17-37)2-7-24/h1-10,18,25,27-28H,11-16,19-20H2,(H,39,42). The van der Waals surface area contributed by atoms with Crippen molar-refractivity contribution in [1.82, 2.24) is 20.1 Å². The molecule has 3 heterocycles. The lowest BCUT2D eigenvalue weighted by molar-refractivity contribution is -0.274. The van der Waals surface area contributed by atoms with Crippen LogP contribution >= 0.6 is 0 Å². The Balaban J connectivity index is 1.06. The van der Waals surface area contributed by atoms with Crippen LogP contribution in [0.15, 0.2) is 66.9 Å². The smallest absolute Gasteiger partial charge is 0.490 e. The van der Waals surface area contributed by atoms with Crippen LogP contribution in [0.2, 0.25) is 0 Å². The van der Waals surface area contributed by atoms with Crippen LogP contribution in [0.4, 0.5) is 17.6 Å². The molecule has 2 aliphatic rings. The second-order valence-corrected chi connectivity index (χ2v) is 11.0. The topological polar surface area (TPSA) is 108 Å². The van der Waals surface area contributed by atoms with E-state index in [0.29, 0.717) is 62.3 Å². The van der Waals surface area contributed by atoms with Crippen LogP contribution in [0.1, 0.15) is 51.2 Å². The quantitative estimate of drug-likeness (QED) is 0.356. The van der Waals surface area contributed by atoms with Gasteiger partial charge in [0.1, 0.15) is 29.5 Å². The monoisotopic (exact) mass is 625 g/mol. The fourth-order valence-electron chi connectivity index (χ4n) is 5.37. The Bertz CT molecular complexity index is 1500. The van der Waals surface area contributed by atoms with Crippen LogP contribution < -0.4 is 14.8 Å². The third-order valence-corrected chi connectivity index (χ3v) is 7.77. The number of hydrogen-bond acceptors (Lipinski definition) is 7. The molecule has 0 spiro atoms. The summed E-state index contributed by atoms with van der Waals surface area (Å²) in [5.74, 6) is -0.401. The van der Waals surface area contributed by atoms with Gasteiger partial charge in [0.15, 0.2) is 0 Å². The summed E-state index contributed by atoms with van der Waals surface area (Å²) in [6.45, 7) is 1.84. The second-order valence-electron chi connectivity index (χ2n) is 11.0. The van der Waals surface area contributed by atoms with Crippen LogP contribution in [0.3, 0.4) is 0 Å². The molecule has 1 N–H and O–H groups in total. The highest BCUT2D eigenvalue weighted by molar-refractivity contribution is 5.96. The lowest BCUT2D eigenvalue weighted by Gasteiger charge is -2.35. The molecule has 2 saturated heterocycles. The highest BCUT2D eigenvalue weighted by Gasteiger charge is 2.32. The third-order valence-electron chi connectivity index (χ3n) is 7.77. The molecule has 5 rings (SSSR count). The Labute approximate surface area is 257 Å². The minimum Gasteiger partial charge on any atom is -0.490 e. The van der Waals surface area contributed by atoms with Crippen molar-refractivity contribution >= 4 is 11.8 Å². The Morgan fingerprint density at radius 3 is 2.24 bits per heavy atom. The first-order chi connectivity index (χ1) is 21.6. The van der Waals surface area contributed by atoms with Gasteiger partial charge in [-0.1, -0.05) is 12.1 Å². The molecule has 1 aromatic heterocycles. The third kappa shape index (κ3) is 8.69. The van der Waals surface area contributed by atoms with E-state index in [1.54, 1.807) is 29.2 Å². The van der Waals surface area contributed by atoms with Crippen molar-refractivity contribution in [3.8, 4) is 17.6 Å². The van der Waals surface area contributed by atoms with Crippen molar-refractivity contribution in [2.24, 2.45) is 0 Å². The maximum atomic E-state index is 15.0. The molecule has 2 aliphatic heterocycles. The number of carbonyl (C=O) groups is 2. The van der Waals surface area contributed by atoms with Crippen LogP contribution in [0.25, 0.3) is 0 Å². The molecule has 13 heteroatoms. The van der Waals surface area contributed by atoms with Gasteiger partial charge in [-0.2, -0.15) is 5.26 Å². The van der Waals surface area contributed by atoms with E-state index in [9.17, 15) is 27.2 Å². The highest BCUT2D eigenvalue weighted by Crippen LogP contribution is 2.24. The molecule has 3 aromatic rings. The van der Waals surface area contributed by atoms with Gasteiger partial charge < -0.3 is 19.7 Å². The number of pyridine rings is 1. The van der Waals surface area contributed by atoms with Gasteiger partial charge >= 0.3 is 6.36 Å². The first kappa shape index (κ1) is 31.7. The summed E-state index contributed by atoms with van der Waals surface area (Å²) in [7, 11) is 0. The van der Waals surface area contributed by atoms with Crippen LogP contribution in [-0.4, -0.2) is 77.5 Å². The summed E-state index contributed by atoms with van der Waals surface area (Å²) >= 11 is 0. The maximum absolute atomic E-state index is 15.0. The average molecular weight is 626 g/mol. The number of nitrogens with zero attached hydrogens (tertiary/aromatic N) is 4. The number of hydrogen-bond donors (Lipinski definition) is 1. The zero-order valence-electron chi connectivity index (χ0n) is 24.2. The van der Waals surface area contributed by atoms with E-state index in [1.807, 2.05) is 4.90 Å². The maximum Gasteiger partial charge on any atom is 0.573 e. The van der Waals surface area contributed by atoms with Crippen molar-refractivity contribution in [2.75, 3.05) is 26.2 Å². The van der Waals surface area contributed by atoms with E-state index in [1.165, 1.54) is 42.6 Å². The fourth-order valence-corrected chi connectivity index (χ4v) is 5.37. The van der Waals surface area contributed by atoms with Crippen molar-refractivity contribution in [2.45, 2.75) is 50.5 Å². The van der Waals surface area contributed by atoms with Crippen LogP contribution in [-0.2, 0) is 6.54 Å². The van der Waals surface area contributed by atoms with Crippen LogP contribution in [0, 0.1) is 11.3 Å². The predicted octanol–water partition coefficient (Wildman–Crippen LogP) is 4.88. The van der Waals surface area contributed by atoms with E-state index in [2.05, 4.69) is 21.1 Å². The summed E-state index contributed by atoms with van der Waals surface area (Å²) in [6.07, 6.45) is -3.26. The fraction of sp³-hybridized carbons (Fsp3) is 0.375. The van der Waals surface area contributed by atoms with E-state index in [4.69, 9.17) is 10.00 Å². The normalized spacial score (nSPS) is 19.4. The van der Waals surface area contributed by atoms with Gasteiger partial charge in [-0.25, -0.2) is 4.39 Å². The Morgan fingerprint density at radius 1 is 0.956 bits per heavy atom. The first-order valence-corrected chi connectivity index (χ1v) is 14.5. The average Bonchev–Trinajstić information content (AvgIpc) is 3.03. The number of benzene rings is 2. The highest BCUT2D eigenvalue weighted by atomic mass is 19.4. The second kappa shape index (κ2) is 13.9. The van der Waals surface area contributed by atoms with Gasteiger partial charge in [0, 0.05) is 51.8 Å². The molecule has 0 radical (unpaired) electrons. The molecule has 236 valence electrons. The zero-order valence-corrected chi connectivity index (χ0v) is 24.2. The molecule has 0 saturated carbocycles. The molecular weight excluding hydrogens is 594 g/mol. The number of ether oxygens (including phenoxy) is 2. The van der Waals surface area contributed by atoms with Gasteiger partial charge in [-0.05, 0) is 60.5 Å². The van der Waals surface area contributed by atoms with Gasteiger partial charge in [-0.15, -0.1) is 13.2 Å². The van der Waals surface area contributed by atoms with Crippen molar-refractivity contribution in [1.29, 1.82) is 5.26 Å². The van der Waals surface area contributed by atoms with Crippen molar-refractivity contribution in [3.63, 3.8) is 0 Å². The summed E-state index contributed by atoms with van der Waals surface area (Å²) in [6, 6.07) is 16.6. The summed E-state index contributed by atoms with van der Waals surface area (Å²) < 4.78 is 61.9. The lowest BCUT2D eigenvalue weighted by atomic mass is 10.0. The van der Waals surface area contributed by atoms with E-state index in [-0.39, 0.29) is 35.6 Å². The van der Waals surface area contributed by atoms with E-state index >= 15 is 0 Å². The van der Waals surface area contributed by atoms with Gasteiger partial charge in [-0.3, -0.25) is 19.5 Å². The molecule has 2 atom stereocenters. The number of alkyl halides is 4. The molecule has 0 bridgehead atoms. The molecule has 2 fully saturated rings. The number of amides is 2. The minimum absolute atomic E-state index is 0.0483. The Hall–Kier alpha value is -4.70. The number of nitrogens with one attached hydrogen (secondary N) is 1. The number of aromatic nitrogens is 1. The number of piperidine rings is 2. The molecule has 2 aromatic carbocycles. The largest absolute Gasteiger partial charge is 0.573 e. The summed E-state index contributed by atoms with van der Waals surface area (Å²) in [5, 5.41) is 11.6. The van der Waals surface area contributed by atoms with Crippen LogP contribution in [0.5, 0.6) is 11.5 Å². The summed E-state index contributed by atoms with van der Waals surface area (Å²) in [5.41, 5.74) is 1.67. The van der Waals surface area contributed by atoms with Crippen molar-refractivity contribution in [3.05, 3.63) is 89.2 Å². The minimum atomic E-state index is -4.77. The molecule has 2 amide bonds. The lowest BCUT2D eigenvalue weighted by Crippen LogP contribution is -2.52. The first-order valence-electron chi connectivity index (χ1n) is 14.5. The molecule has 9 nitrogen and oxygen atoms in total. The van der Waals surface area contributed by atoms with Gasteiger partial charge in [0.05, 0.1) is 23.2 Å². The van der Waals surface area contributed by atoms with E-state index in [0.717, 1.165) is 0 Å². The number of halogens is 4. The predicted molar refractivity (Wildman–Crippen MR) is 154 cm³/mol. The van der Waals surface area contributed by atoms with Gasteiger partial charge in [0.25, 0.3) is 11.8 Å². The SMILES string of the molecule is N#Cc1ccc(OC2CCN(C(=O)c3ccc(C(=O)NC4CCN(Cc5ccc(OC(F)(F)F)cc5)CC4F)cn3)CC2)cc1. The number of carbonyl (C=O) groups excluding carboxylic acids is 2. The molecule has 45 heavy (non-hydrogen) atoms. The Kier molecular flexibility index (Phi) is 9.83. The molecule has 2 unspecified atom stereocenters. The zero-order chi connectivity index (χ0) is 32.0. The molecular formula is C32H31F4N5O4.